The van der Waals surface area contributed by atoms with Crippen molar-refractivity contribution in [1.29, 1.82) is 0 Å². The molecule has 0 aromatic heterocycles. The van der Waals surface area contributed by atoms with E-state index in [1.54, 1.807) is 50.3 Å². The Balaban J connectivity index is 1.78. The Kier molecular flexibility index (Phi) is 10.4. The van der Waals surface area contributed by atoms with Crippen LogP contribution in [0.25, 0.3) is 6.08 Å². The Hall–Kier alpha value is -3.08. The SMILES string of the molecule is CCOc1cc(N2CCOCC2)c(OCC)cc1NC(=O)/C=C/c1ccc(S(=O)(=O)N(CC)CC)cc1. The van der Waals surface area contributed by atoms with Crippen LogP contribution in [0.15, 0.2) is 47.4 Å². The molecular formula is C27H37N3O6S. The summed E-state index contributed by atoms with van der Waals surface area (Å²) < 4.78 is 43.9. The molecule has 2 aromatic carbocycles. The van der Waals surface area contributed by atoms with Gasteiger partial charge in [-0.3, -0.25) is 4.79 Å². The van der Waals surface area contributed by atoms with E-state index in [0.717, 1.165) is 18.8 Å². The highest BCUT2D eigenvalue weighted by Crippen LogP contribution is 2.39. The zero-order chi connectivity index (χ0) is 26.8. The smallest absolute Gasteiger partial charge is 0.248 e. The molecule has 0 saturated carbocycles. The zero-order valence-corrected chi connectivity index (χ0v) is 22.8. The molecule has 1 heterocycles. The molecule has 0 radical (unpaired) electrons. The molecular weight excluding hydrogens is 494 g/mol. The van der Waals surface area contributed by atoms with Crippen molar-refractivity contribution in [3.63, 3.8) is 0 Å². The van der Waals surface area contributed by atoms with Gasteiger partial charge in [0.15, 0.2) is 0 Å². The number of sulfonamides is 1. The second-order valence-electron chi connectivity index (χ2n) is 8.26. The van der Waals surface area contributed by atoms with E-state index in [9.17, 15) is 13.2 Å². The van der Waals surface area contributed by atoms with Crippen LogP contribution >= 0.6 is 0 Å². The molecule has 1 N–H and O–H groups in total. The fraction of sp³-hybridized carbons (Fsp3) is 0.444. The van der Waals surface area contributed by atoms with E-state index in [1.807, 2.05) is 19.9 Å². The summed E-state index contributed by atoms with van der Waals surface area (Å²) in [6, 6.07) is 10.1. The fourth-order valence-corrected chi connectivity index (χ4v) is 5.51. The standard InChI is InChI=1S/C27H37N3O6S/c1-5-30(6-2)37(32,33)22-12-9-21(10-13-22)11-14-27(31)28-23-19-26(36-8-4)24(20-25(23)35-7-3)29-15-17-34-18-16-29/h9-14,19-20H,5-8,15-18H2,1-4H3,(H,28,31)/b14-11+. The van der Waals surface area contributed by atoms with Crippen molar-refractivity contribution in [2.75, 3.05) is 62.8 Å². The number of ether oxygens (including phenoxy) is 3. The molecule has 202 valence electrons. The van der Waals surface area contributed by atoms with Gasteiger partial charge >= 0.3 is 0 Å². The van der Waals surface area contributed by atoms with Gasteiger partial charge in [0.05, 0.1) is 42.7 Å². The van der Waals surface area contributed by atoms with Gasteiger partial charge in [0.2, 0.25) is 15.9 Å². The van der Waals surface area contributed by atoms with E-state index in [-0.39, 0.29) is 10.8 Å². The predicted molar refractivity (Wildman–Crippen MR) is 146 cm³/mol. The van der Waals surface area contributed by atoms with Gasteiger partial charge in [-0.2, -0.15) is 4.31 Å². The van der Waals surface area contributed by atoms with Crippen molar-refractivity contribution in [3.05, 3.63) is 48.0 Å². The molecule has 37 heavy (non-hydrogen) atoms. The summed E-state index contributed by atoms with van der Waals surface area (Å²) in [5.41, 5.74) is 2.12. The molecule has 0 bridgehead atoms. The predicted octanol–water partition coefficient (Wildman–Crippen LogP) is 4.00. The molecule has 1 fully saturated rings. The number of carbonyl (C=O) groups is 1. The first kappa shape index (κ1) is 28.5. The first-order valence-electron chi connectivity index (χ1n) is 12.7. The molecule has 2 aromatic rings. The van der Waals surface area contributed by atoms with Crippen molar-refractivity contribution in [2.45, 2.75) is 32.6 Å². The van der Waals surface area contributed by atoms with Crippen LogP contribution in [0.4, 0.5) is 11.4 Å². The van der Waals surface area contributed by atoms with E-state index in [4.69, 9.17) is 14.2 Å². The maximum Gasteiger partial charge on any atom is 0.248 e. The number of hydrogen-bond acceptors (Lipinski definition) is 7. The zero-order valence-electron chi connectivity index (χ0n) is 22.0. The fourth-order valence-electron chi connectivity index (χ4n) is 4.05. The normalized spacial score (nSPS) is 14.2. The first-order chi connectivity index (χ1) is 17.8. The quantitative estimate of drug-likeness (QED) is 0.414. The van der Waals surface area contributed by atoms with Gasteiger partial charge in [-0.25, -0.2) is 8.42 Å². The van der Waals surface area contributed by atoms with Crippen molar-refractivity contribution in [2.24, 2.45) is 0 Å². The van der Waals surface area contributed by atoms with Crippen molar-refractivity contribution in [3.8, 4) is 11.5 Å². The topological polar surface area (TPSA) is 97.4 Å². The Morgan fingerprint density at radius 2 is 1.62 bits per heavy atom. The van der Waals surface area contributed by atoms with Gasteiger partial charge in [0.1, 0.15) is 11.5 Å². The Morgan fingerprint density at radius 3 is 2.22 bits per heavy atom. The molecule has 1 aliphatic rings. The molecule has 0 unspecified atom stereocenters. The van der Waals surface area contributed by atoms with Gasteiger partial charge in [-0.1, -0.05) is 26.0 Å². The van der Waals surface area contributed by atoms with Crippen LogP contribution in [0.5, 0.6) is 11.5 Å². The Labute approximate surface area is 220 Å². The highest BCUT2D eigenvalue weighted by molar-refractivity contribution is 7.89. The lowest BCUT2D eigenvalue weighted by atomic mass is 10.2. The van der Waals surface area contributed by atoms with Crippen molar-refractivity contribution in [1.82, 2.24) is 4.31 Å². The van der Waals surface area contributed by atoms with Crippen LogP contribution < -0.4 is 19.7 Å². The van der Waals surface area contributed by atoms with E-state index < -0.39 is 10.0 Å². The number of morpholine rings is 1. The van der Waals surface area contributed by atoms with Crippen LogP contribution in [0.1, 0.15) is 33.3 Å². The minimum absolute atomic E-state index is 0.225. The molecule has 1 aliphatic heterocycles. The van der Waals surface area contributed by atoms with E-state index in [0.29, 0.717) is 62.3 Å². The average Bonchev–Trinajstić information content (AvgIpc) is 2.90. The monoisotopic (exact) mass is 531 g/mol. The maximum atomic E-state index is 12.8. The van der Waals surface area contributed by atoms with Gasteiger partial charge in [0, 0.05) is 44.4 Å². The number of anilines is 2. The maximum absolute atomic E-state index is 12.8. The summed E-state index contributed by atoms with van der Waals surface area (Å²) in [6.45, 7) is 11.9. The number of amides is 1. The Bertz CT molecular complexity index is 1170. The van der Waals surface area contributed by atoms with E-state index in [1.165, 1.54) is 10.4 Å². The summed E-state index contributed by atoms with van der Waals surface area (Å²) >= 11 is 0. The number of nitrogens with zero attached hydrogens (tertiary/aromatic N) is 2. The lowest BCUT2D eigenvalue weighted by Crippen LogP contribution is -2.36. The summed E-state index contributed by atoms with van der Waals surface area (Å²) in [5, 5.41) is 2.88. The van der Waals surface area contributed by atoms with Crippen molar-refractivity contribution < 1.29 is 27.4 Å². The highest BCUT2D eigenvalue weighted by Gasteiger charge is 2.22. The largest absolute Gasteiger partial charge is 0.492 e. The molecule has 10 heteroatoms. The average molecular weight is 532 g/mol. The molecule has 0 aliphatic carbocycles. The summed E-state index contributed by atoms with van der Waals surface area (Å²) in [7, 11) is -3.53. The van der Waals surface area contributed by atoms with Gasteiger partial charge in [0.25, 0.3) is 0 Å². The number of hydrogen-bond donors (Lipinski definition) is 1. The van der Waals surface area contributed by atoms with E-state index >= 15 is 0 Å². The second kappa shape index (κ2) is 13.5. The lowest BCUT2D eigenvalue weighted by molar-refractivity contribution is -0.111. The molecule has 0 spiro atoms. The van der Waals surface area contributed by atoms with Crippen LogP contribution in [0.3, 0.4) is 0 Å². The first-order valence-corrected chi connectivity index (χ1v) is 14.1. The number of nitrogens with one attached hydrogen (secondary N) is 1. The number of rotatable bonds is 12. The number of benzene rings is 2. The van der Waals surface area contributed by atoms with Crippen LogP contribution in [-0.2, 0) is 19.6 Å². The van der Waals surface area contributed by atoms with Crippen LogP contribution in [0, 0.1) is 0 Å². The number of carbonyl (C=O) groups excluding carboxylic acids is 1. The third-order valence-electron chi connectivity index (χ3n) is 5.92. The lowest BCUT2D eigenvalue weighted by Gasteiger charge is -2.31. The van der Waals surface area contributed by atoms with Crippen LogP contribution in [-0.4, -0.2) is 71.2 Å². The van der Waals surface area contributed by atoms with Crippen molar-refractivity contribution >= 4 is 33.4 Å². The Morgan fingerprint density at radius 1 is 1.00 bits per heavy atom. The van der Waals surface area contributed by atoms with Gasteiger partial charge in [-0.05, 0) is 37.6 Å². The third-order valence-corrected chi connectivity index (χ3v) is 7.99. The minimum atomic E-state index is -3.53. The third kappa shape index (κ3) is 7.24. The van der Waals surface area contributed by atoms with Crippen LogP contribution in [0.2, 0.25) is 0 Å². The second-order valence-corrected chi connectivity index (χ2v) is 10.2. The van der Waals surface area contributed by atoms with Gasteiger partial charge in [-0.15, -0.1) is 0 Å². The summed E-state index contributed by atoms with van der Waals surface area (Å²) in [5.74, 6) is 0.875. The minimum Gasteiger partial charge on any atom is -0.492 e. The highest BCUT2D eigenvalue weighted by atomic mass is 32.2. The molecule has 1 saturated heterocycles. The summed E-state index contributed by atoms with van der Waals surface area (Å²) in [6.07, 6.45) is 3.04. The molecule has 3 rings (SSSR count). The van der Waals surface area contributed by atoms with E-state index in [2.05, 4.69) is 10.2 Å². The molecule has 1 amide bonds. The summed E-state index contributed by atoms with van der Waals surface area (Å²) in [4.78, 5) is 15.2. The van der Waals surface area contributed by atoms with Gasteiger partial charge < -0.3 is 24.4 Å². The molecule has 0 atom stereocenters. The molecule has 9 nitrogen and oxygen atoms in total.